The number of phosphoric acid groups is 1. The van der Waals surface area contributed by atoms with Gasteiger partial charge in [-0.05, 0) is 44.9 Å². The van der Waals surface area contributed by atoms with Crippen LogP contribution in [0.4, 0.5) is 0 Å². The lowest BCUT2D eigenvalue weighted by Gasteiger charge is -2.25. The molecule has 1 amide bonds. The molecular formula is C54H108N2O6P+. The van der Waals surface area contributed by atoms with Crippen LogP contribution in [-0.2, 0) is 18.4 Å². The van der Waals surface area contributed by atoms with Crippen molar-refractivity contribution in [2.45, 2.75) is 276 Å². The zero-order valence-corrected chi connectivity index (χ0v) is 43.5. The smallest absolute Gasteiger partial charge is 0.387 e. The van der Waals surface area contributed by atoms with Crippen molar-refractivity contribution in [3.8, 4) is 0 Å². The molecular weight excluding hydrogens is 804 g/mol. The van der Waals surface area contributed by atoms with Crippen molar-refractivity contribution in [1.82, 2.24) is 5.32 Å². The van der Waals surface area contributed by atoms with Gasteiger partial charge in [0.1, 0.15) is 13.2 Å². The molecule has 3 N–H and O–H groups in total. The van der Waals surface area contributed by atoms with Gasteiger partial charge in [0.05, 0.1) is 39.9 Å². The molecule has 63 heavy (non-hydrogen) atoms. The molecule has 0 aliphatic heterocycles. The SMILES string of the molecule is CCCCCCCC/C=C\CCCCCCCCCCCC(=O)NC(COP(=O)(O)OCC[N+](C)(C)C)C(O)/C=C/CCCCCCCCCCCCCCCCCCCCCC. The Hall–Kier alpha value is -1.02. The highest BCUT2D eigenvalue weighted by Gasteiger charge is 2.27. The van der Waals surface area contributed by atoms with Gasteiger partial charge in [0.2, 0.25) is 5.91 Å². The molecule has 0 fully saturated rings. The minimum Gasteiger partial charge on any atom is -0.387 e. The summed E-state index contributed by atoms with van der Waals surface area (Å²) in [4.78, 5) is 23.3. The molecule has 0 heterocycles. The van der Waals surface area contributed by atoms with E-state index < -0.39 is 20.0 Å². The summed E-state index contributed by atoms with van der Waals surface area (Å²) in [6.45, 7) is 4.84. The number of likely N-dealkylation sites (N-methyl/N-ethyl adjacent to an activating group) is 1. The molecule has 9 heteroatoms. The number of allylic oxidation sites excluding steroid dienone is 3. The average Bonchev–Trinajstić information content (AvgIpc) is 3.24. The van der Waals surface area contributed by atoms with E-state index in [2.05, 4.69) is 31.3 Å². The molecule has 0 aliphatic rings. The summed E-state index contributed by atoms with van der Waals surface area (Å²) in [5.41, 5.74) is 0. The van der Waals surface area contributed by atoms with E-state index in [0.717, 1.165) is 38.5 Å². The summed E-state index contributed by atoms with van der Waals surface area (Å²) in [6.07, 6.45) is 56.9. The van der Waals surface area contributed by atoms with Crippen molar-refractivity contribution in [2.75, 3.05) is 40.9 Å². The predicted molar refractivity (Wildman–Crippen MR) is 272 cm³/mol. The van der Waals surface area contributed by atoms with Crippen LogP contribution >= 0.6 is 7.82 Å². The minimum absolute atomic E-state index is 0.0627. The molecule has 0 radical (unpaired) electrons. The molecule has 374 valence electrons. The maximum atomic E-state index is 12.9. The standard InChI is InChI=1S/C54H107N2O6P/c1-6-8-10-12-14-16-18-20-22-24-26-27-28-30-31-33-35-37-39-41-43-45-47-53(57)52(51-62-63(59,60)61-50-49-56(3,4)5)55-54(58)48-46-44-42-40-38-36-34-32-29-25-23-21-19-17-15-13-11-9-7-2/h21,23,45,47,52-53,57H,6-20,22,24-44,46,48-51H2,1-5H3,(H-,55,58,59,60)/p+1/b23-21-,47-45+. The second kappa shape index (κ2) is 46.1. The number of carbonyl (C=O) groups is 1. The Morgan fingerprint density at radius 3 is 1.22 bits per heavy atom. The lowest BCUT2D eigenvalue weighted by Crippen LogP contribution is -2.45. The second-order valence-corrected chi connectivity index (χ2v) is 21.4. The van der Waals surface area contributed by atoms with Gasteiger partial charge in [-0.25, -0.2) is 4.57 Å². The van der Waals surface area contributed by atoms with Gasteiger partial charge in [-0.1, -0.05) is 237 Å². The summed E-state index contributed by atoms with van der Waals surface area (Å²) >= 11 is 0. The number of nitrogens with one attached hydrogen (secondary N) is 1. The van der Waals surface area contributed by atoms with Gasteiger partial charge >= 0.3 is 7.82 Å². The number of phosphoric ester groups is 1. The van der Waals surface area contributed by atoms with E-state index in [4.69, 9.17) is 9.05 Å². The van der Waals surface area contributed by atoms with Crippen molar-refractivity contribution < 1.29 is 32.9 Å². The number of unbranched alkanes of at least 4 members (excludes halogenated alkanes) is 35. The third-order valence-corrected chi connectivity index (χ3v) is 13.4. The van der Waals surface area contributed by atoms with Gasteiger partial charge in [-0.15, -0.1) is 0 Å². The number of aliphatic hydroxyl groups is 1. The fourth-order valence-electron chi connectivity index (χ4n) is 8.10. The summed E-state index contributed by atoms with van der Waals surface area (Å²) < 4.78 is 23.7. The monoisotopic (exact) mass is 912 g/mol. The van der Waals surface area contributed by atoms with E-state index in [1.54, 1.807) is 6.08 Å². The fourth-order valence-corrected chi connectivity index (χ4v) is 8.83. The summed E-state index contributed by atoms with van der Waals surface area (Å²) in [5, 5.41) is 13.9. The van der Waals surface area contributed by atoms with Crippen LogP contribution < -0.4 is 5.32 Å². The highest BCUT2D eigenvalue weighted by molar-refractivity contribution is 7.47. The van der Waals surface area contributed by atoms with Gasteiger partial charge in [-0.3, -0.25) is 13.8 Å². The normalized spacial score (nSPS) is 14.2. The zero-order valence-electron chi connectivity index (χ0n) is 42.6. The molecule has 3 atom stereocenters. The molecule has 3 unspecified atom stereocenters. The first kappa shape index (κ1) is 62.0. The van der Waals surface area contributed by atoms with E-state index in [9.17, 15) is 19.4 Å². The number of amides is 1. The highest BCUT2D eigenvalue weighted by atomic mass is 31.2. The van der Waals surface area contributed by atoms with Crippen LogP contribution in [0.3, 0.4) is 0 Å². The molecule has 0 saturated carbocycles. The van der Waals surface area contributed by atoms with Crippen molar-refractivity contribution in [3.63, 3.8) is 0 Å². The van der Waals surface area contributed by atoms with Gasteiger partial charge in [-0.2, -0.15) is 0 Å². The van der Waals surface area contributed by atoms with Crippen LogP contribution in [0.2, 0.25) is 0 Å². The number of nitrogens with zero attached hydrogens (tertiary/aromatic N) is 1. The molecule has 0 rings (SSSR count). The Morgan fingerprint density at radius 1 is 0.524 bits per heavy atom. The highest BCUT2D eigenvalue weighted by Crippen LogP contribution is 2.43. The molecule has 0 spiro atoms. The minimum atomic E-state index is -4.34. The third kappa shape index (κ3) is 48.7. The van der Waals surface area contributed by atoms with Gasteiger partial charge in [0, 0.05) is 6.42 Å². The largest absolute Gasteiger partial charge is 0.472 e. The molecule has 0 aromatic heterocycles. The van der Waals surface area contributed by atoms with Crippen molar-refractivity contribution in [1.29, 1.82) is 0 Å². The molecule has 0 saturated heterocycles. The van der Waals surface area contributed by atoms with E-state index in [1.165, 1.54) is 205 Å². The maximum absolute atomic E-state index is 12.9. The van der Waals surface area contributed by atoms with Crippen LogP contribution in [0.15, 0.2) is 24.3 Å². The van der Waals surface area contributed by atoms with Crippen molar-refractivity contribution in [3.05, 3.63) is 24.3 Å². The summed E-state index contributed by atoms with van der Waals surface area (Å²) in [7, 11) is 1.58. The quantitative estimate of drug-likeness (QED) is 0.0243. The Bertz CT molecular complexity index is 1080. The van der Waals surface area contributed by atoms with Gasteiger partial charge < -0.3 is 19.8 Å². The predicted octanol–water partition coefficient (Wildman–Crippen LogP) is 16.0. The van der Waals surface area contributed by atoms with Gasteiger partial charge in [0.15, 0.2) is 0 Å². The van der Waals surface area contributed by atoms with Crippen LogP contribution in [0.5, 0.6) is 0 Å². The maximum Gasteiger partial charge on any atom is 0.472 e. The average molecular weight is 912 g/mol. The van der Waals surface area contributed by atoms with E-state index >= 15 is 0 Å². The Morgan fingerprint density at radius 2 is 0.857 bits per heavy atom. The zero-order chi connectivity index (χ0) is 46.4. The van der Waals surface area contributed by atoms with E-state index in [0.29, 0.717) is 17.4 Å². The van der Waals surface area contributed by atoms with Crippen LogP contribution in [0.25, 0.3) is 0 Å². The van der Waals surface area contributed by atoms with Crippen molar-refractivity contribution >= 4 is 13.7 Å². The summed E-state index contributed by atoms with van der Waals surface area (Å²) in [6, 6.07) is -0.845. The number of quaternary nitrogens is 1. The molecule has 0 aromatic rings. The summed E-state index contributed by atoms with van der Waals surface area (Å²) in [5.74, 6) is -0.176. The van der Waals surface area contributed by atoms with Crippen LogP contribution in [-0.4, -0.2) is 73.4 Å². The lowest BCUT2D eigenvalue weighted by atomic mass is 10.0. The Kier molecular flexibility index (Phi) is 45.4. The number of hydrogen-bond acceptors (Lipinski definition) is 5. The first-order chi connectivity index (χ1) is 30.5. The third-order valence-electron chi connectivity index (χ3n) is 12.4. The van der Waals surface area contributed by atoms with E-state index in [1.807, 2.05) is 27.2 Å². The molecule has 0 aliphatic carbocycles. The van der Waals surface area contributed by atoms with Crippen molar-refractivity contribution in [2.24, 2.45) is 0 Å². The number of rotatable bonds is 50. The Balaban J connectivity index is 4.26. The Labute approximate surface area is 392 Å². The molecule has 0 bridgehead atoms. The van der Waals surface area contributed by atoms with Gasteiger partial charge in [0.25, 0.3) is 0 Å². The number of carbonyl (C=O) groups excluding carboxylic acids is 1. The fraction of sp³-hybridized carbons (Fsp3) is 0.907. The number of hydrogen-bond donors (Lipinski definition) is 3. The van der Waals surface area contributed by atoms with Crippen LogP contribution in [0, 0.1) is 0 Å². The first-order valence-corrected chi connectivity index (χ1v) is 28.7. The first-order valence-electron chi connectivity index (χ1n) is 27.2. The number of aliphatic hydroxyl groups excluding tert-OH is 1. The topological polar surface area (TPSA) is 105 Å². The molecule has 0 aromatic carbocycles. The lowest BCUT2D eigenvalue weighted by molar-refractivity contribution is -0.870. The second-order valence-electron chi connectivity index (χ2n) is 20.0. The van der Waals surface area contributed by atoms with Crippen LogP contribution in [0.1, 0.15) is 264 Å². The van der Waals surface area contributed by atoms with E-state index in [-0.39, 0.29) is 19.1 Å². The molecule has 8 nitrogen and oxygen atoms in total.